The van der Waals surface area contributed by atoms with Gasteiger partial charge >= 0.3 is 0 Å². The van der Waals surface area contributed by atoms with E-state index in [0.717, 1.165) is 5.69 Å². The van der Waals surface area contributed by atoms with Crippen molar-refractivity contribution in [3.63, 3.8) is 0 Å². The topological polar surface area (TPSA) is 12.9 Å². The molecule has 12 heavy (non-hydrogen) atoms. The number of rotatable bonds is 1. The monoisotopic (exact) mass is 179 g/mol. The molecule has 0 N–H and O–H groups in total. The third-order valence-electron chi connectivity index (χ3n) is 2.05. The summed E-state index contributed by atoms with van der Waals surface area (Å²) in [4.78, 5) is 4.28. The summed E-state index contributed by atoms with van der Waals surface area (Å²) in [7, 11) is -1.15. The highest BCUT2D eigenvalue weighted by molar-refractivity contribution is 6.89. The third-order valence-corrected chi connectivity index (χ3v) is 4.20. The molecule has 1 aromatic rings. The van der Waals surface area contributed by atoms with Crippen molar-refractivity contribution in [2.45, 2.75) is 33.5 Å². The molecular formula is C10H17NSi. The number of hydrogen-bond donors (Lipinski definition) is 0. The smallest absolute Gasteiger partial charge is 0.0781 e. The van der Waals surface area contributed by atoms with Gasteiger partial charge in [0.05, 0.1) is 8.07 Å². The van der Waals surface area contributed by atoms with E-state index in [9.17, 15) is 0 Å². The van der Waals surface area contributed by atoms with Crippen LogP contribution in [-0.4, -0.2) is 13.1 Å². The average molecular weight is 179 g/mol. The minimum absolute atomic E-state index is 1.14. The van der Waals surface area contributed by atoms with Crippen molar-refractivity contribution in [3.05, 3.63) is 23.5 Å². The molecule has 0 aromatic carbocycles. The Labute approximate surface area is 75.9 Å². The Morgan fingerprint density at radius 1 is 1.17 bits per heavy atom. The van der Waals surface area contributed by atoms with E-state index in [0.29, 0.717) is 0 Å². The summed E-state index contributed by atoms with van der Waals surface area (Å²) in [6, 6.07) is 2.24. The number of hydrogen-bond acceptors (Lipinski definition) is 1. The number of aromatic nitrogens is 1. The largest absolute Gasteiger partial charge is 0.261 e. The lowest BCUT2D eigenvalue weighted by Gasteiger charge is -2.19. The van der Waals surface area contributed by atoms with Crippen molar-refractivity contribution in [1.82, 2.24) is 4.98 Å². The molecule has 1 aromatic heterocycles. The van der Waals surface area contributed by atoms with Gasteiger partial charge in [-0.15, -0.1) is 0 Å². The quantitative estimate of drug-likeness (QED) is 0.603. The van der Waals surface area contributed by atoms with E-state index < -0.39 is 8.07 Å². The van der Waals surface area contributed by atoms with Crippen molar-refractivity contribution in [3.8, 4) is 0 Å². The molecule has 0 saturated heterocycles. The van der Waals surface area contributed by atoms with Crippen molar-refractivity contribution >= 4 is 13.3 Å². The first-order valence-electron chi connectivity index (χ1n) is 4.35. The van der Waals surface area contributed by atoms with Gasteiger partial charge in [0.25, 0.3) is 0 Å². The summed E-state index contributed by atoms with van der Waals surface area (Å²) in [5.41, 5.74) is 2.48. The van der Waals surface area contributed by atoms with Crippen LogP contribution in [-0.2, 0) is 0 Å². The van der Waals surface area contributed by atoms with Gasteiger partial charge in [-0.1, -0.05) is 24.8 Å². The molecule has 2 heteroatoms. The molecule has 0 aliphatic carbocycles. The standard InChI is InChI=1S/C10H17NSi/c1-8-7-11-9(2)6-10(8)12(3,4)5/h6-7H,1-5H3. The van der Waals surface area contributed by atoms with Crippen LogP contribution in [0.3, 0.4) is 0 Å². The minimum atomic E-state index is -1.15. The van der Waals surface area contributed by atoms with Crippen LogP contribution < -0.4 is 5.19 Å². The second-order valence-corrected chi connectivity index (χ2v) is 9.43. The fourth-order valence-corrected chi connectivity index (χ4v) is 3.33. The molecule has 0 saturated carbocycles. The third kappa shape index (κ3) is 1.94. The van der Waals surface area contributed by atoms with Crippen LogP contribution in [0.1, 0.15) is 11.3 Å². The molecule has 0 atom stereocenters. The van der Waals surface area contributed by atoms with Crippen molar-refractivity contribution in [2.24, 2.45) is 0 Å². The molecular weight excluding hydrogens is 162 g/mol. The lowest BCUT2D eigenvalue weighted by atomic mass is 10.3. The van der Waals surface area contributed by atoms with E-state index in [-0.39, 0.29) is 0 Å². The highest BCUT2D eigenvalue weighted by Crippen LogP contribution is 2.06. The summed E-state index contributed by atoms with van der Waals surface area (Å²) < 4.78 is 0. The number of pyridine rings is 1. The van der Waals surface area contributed by atoms with Gasteiger partial charge in [0.2, 0.25) is 0 Å². The molecule has 66 valence electrons. The van der Waals surface area contributed by atoms with Gasteiger partial charge in [-0.05, 0) is 25.5 Å². The number of nitrogens with zero attached hydrogens (tertiary/aromatic N) is 1. The summed E-state index contributed by atoms with van der Waals surface area (Å²) in [5, 5.41) is 1.54. The summed E-state index contributed by atoms with van der Waals surface area (Å²) >= 11 is 0. The van der Waals surface area contributed by atoms with E-state index >= 15 is 0 Å². The predicted octanol–water partition coefficient (Wildman–Crippen LogP) is 2.24. The van der Waals surface area contributed by atoms with Gasteiger partial charge in [0.1, 0.15) is 0 Å². The van der Waals surface area contributed by atoms with E-state index in [1.54, 1.807) is 0 Å². The van der Waals surface area contributed by atoms with Crippen LogP contribution in [0.5, 0.6) is 0 Å². The highest BCUT2D eigenvalue weighted by Gasteiger charge is 2.18. The molecule has 0 amide bonds. The second kappa shape index (κ2) is 3.02. The van der Waals surface area contributed by atoms with Crippen molar-refractivity contribution in [2.75, 3.05) is 0 Å². The Bertz CT molecular complexity index is 286. The first-order valence-corrected chi connectivity index (χ1v) is 7.85. The van der Waals surface area contributed by atoms with Crippen molar-refractivity contribution in [1.29, 1.82) is 0 Å². The molecule has 0 bridgehead atoms. The molecule has 1 nitrogen and oxygen atoms in total. The zero-order valence-corrected chi connectivity index (χ0v) is 9.60. The van der Waals surface area contributed by atoms with Gasteiger partial charge < -0.3 is 0 Å². The van der Waals surface area contributed by atoms with Gasteiger partial charge in [0.15, 0.2) is 0 Å². The molecule has 0 unspecified atom stereocenters. The first kappa shape index (κ1) is 9.45. The Hall–Kier alpha value is -0.633. The Morgan fingerprint density at radius 2 is 1.75 bits per heavy atom. The molecule has 1 rings (SSSR count). The Morgan fingerprint density at radius 3 is 2.17 bits per heavy atom. The van der Waals surface area contributed by atoms with Crippen molar-refractivity contribution < 1.29 is 0 Å². The fraction of sp³-hybridized carbons (Fsp3) is 0.500. The number of aryl methyl sites for hydroxylation is 2. The van der Waals surface area contributed by atoms with Gasteiger partial charge in [-0.3, -0.25) is 4.98 Å². The summed E-state index contributed by atoms with van der Waals surface area (Å²) in [6.07, 6.45) is 1.99. The zero-order chi connectivity index (χ0) is 9.35. The Balaban J connectivity index is 3.23. The van der Waals surface area contributed by atoms with Crippen LogP contribution in [0.15, 0.2) is 12.3 Å². The maximum atomic E-state index is 4.28. The minimum Gasteiger partial charge on any atom is -0.261 e. The molecule has 0 fully saturated rings. The fourth-order valence-electron chi connectivity index (χ4n) is 1.44. The molecule has 0 spiro atoms. The molecule has 1 heterocycles. The maximum Gasteiger partial charge on any atom is 0.0781 e. The van der Waals surface area contributed by atoms with Crippen LogP contribution >= 0.6 is 0 Å². The van der Waals surface area contributed by atoms with Crippen LogP contribution in [0.2, 0.25) is 19.6 Å². The maximum absolute atomic E-state index is 4.28. The molecule has 0 aliphatic heterocycles. The summed E-state index contributed by atoms with van der Waals surface area (Å²) in [5.74, 6) is 0. The van der Waals surface area contributed by atoms with E-state index in [2.05, 4.69) is 44.5 Å². The van der Waals surface area contributed by atoms with Crippen LogP contribution in [0, 0.1) is 13.8 Å². The van der Waals surface area contributed by atoms with Crippen LogP contribution in [0.25, 0.3) is 0 Å². The van der Waals surface area contributed by atoms with Crippen LogP contribution in [0.4, 0.5) is 0 Å². The second-order valence-electron chi connectivity index (χ2n) is 4.39. The zero-order valence-electron chi connectivity index (χ0n) is 8.60. The van der Waals surface area contributed by atoms with Gasteiger partial charge in [-0.25, -0.2) is 0 Å². The lowest BCUT2D eigenvalue weighted by Crippen LogP contribution is -2.39. The Kier molecular flexibility index (Phi) is 2.38. The SMILES string of the molecule is Cc1cc([Si](C)(C)C)c(C)cn1. The normalized spacial score (nSPS) is 11.8. The van der Waals surface area contributed by atoms with Gasteiger partial charge in [0, 0.05) is 11.9 Å². The van der Waals surface area contributed by atoms with E-state index in [1.165, 1.54) is 10.8 Å². The molecule has 0 aliphatic rings. The highest BCUT2D eigenvalue weighted by atomic mass is 28.3. The average Bonchev–Trinajstić information content (AvgIpc) is 1.92. The first-order chi connectivity index (χ1) is 5.41. The lowest BCUT2D eigenvalue weighted by molar-refractivity contribution is 1.18. The van der Waals surface area contributed by atoms with E-state index in [4.69, 9.17) is 0 Å². The van der Waals surface area contributed by atoms with E-state index in [1.807, 2.05) is 6.20 Å². The van der Waals surface area contributed by atoms with Gasteiger partial charge in [-0.2, -0.15) is 0 Å². The molecule has 0 radical (unpaired) electrons. The predicted molar refractivity (Wildman–Crippen MR) is 56.7 cm³/mol. The summed E-state index contributed by atoms with van der Waals surface area (Å²) in [6.45, 7) is 11.3.